The molecular weight excluding hydrogens is 281 g/mol. The first-order chi connectivity index (χ1) is 9.60. The second-order valence-corrected chi connectivity index (χ2v) is 4.45. The Morgan fingerprint density at radius 3 is 2.55 bits per heavy atom. The second-order valence-electron chi connectivity index (χ2n) is 4.04. The molecule has 0 bridgehead atoms. The van der Waals surface area contributed by atoms with Crippen LogP contribution in [0, 0.1) is 5.82 Å². The van der Waals surface area contributed by atoms with Gasteiger partial charge < -0.3 is 10.1 Å². The largest absolute Gasteiger partial charge is 0.492 e. The van der Waals surface area contributed by atoms with Crippen LogP contribution in [0.1, 0.15) is 17.3 Å². The number of ether oxygens (including phenoxy) is 1. The predicted octanol–water partition coefficient (Wildman–Crippen LogP) is 4.13. The van der Waals surface area contributed by atoms with Crippen molar-refractivity contribution in [3.05, 3.63) is 58.9 Å². The smallest absolute Gasteiger partial charge is 0.255 e. The number of hydrogen-bond acceptors (Lipinski definition) is 2. The summed E-state index contributed by atoms with van der Waals surface area (Å²) < 4.78 is 18.1. The molecule has 0 aromatic heterocycles. The minimum absolute atomic E-state index is 0.328. The molecular formula is C15H13ClFNO2. The number of carbonyl (C=O) groups is 1. The van der Waals surface area contributed by atoms with Gasteiger partial charge >= 0.3 is 0 Å². The average Bonchev–Trinajstić information content (AvgIpc) is 2.42. The predicted molar refractivity (Wildman–Crippen MR) is 77.0 cm³/mol. The van der Waals surface area contributed by atoms with Crippen LogP contribution < -0.4 is 10.1 Å². The number of nitrogens with one attached hydrogen (secondary N) is 1. The Hall–Kier alpha value is -2.07. The maximum absolute atomic E-state index is 12.8. The van der Waals surface area contributed by atoms with E-state index in [1.165, 1.54) is 24.3 Å². The summed E-state index contributed by atoms with van der Waals surface area (Å²) in [6.07, 6.45) is 0. The first-order valence-corrected chi connectivity index (χ1v) is 6.47. The molecule has 0 saturated carbocycles. The Morgan fingerprint density at radius 1 is 1.25 bits per heavy atom. The van der Waals surface area contributed by atoms with Gasteiger partial charge in [0.15, 0.2) is 0 Å². The van der Waals surface area contributed by atoms with Crippen LogP contribution in [0.5, 0.6) is 5.75 Å². The Balaban J connectivity index is 2.11. The van der Waals surface area contributed by atoms with Crippen molar-refractivity contribution in [2.45, 2.75) is 6.92 Å². The van der Waals surface area contributed by atoms with Crippen molar-refractivity contribution in [1.82, 2.24) is 0 Å². The van der Waals surface area contributed by atoms with Gasteiger partial charge in [-0.3, -0.25) is 4.79 Å². The van der Waals surface area contributed by atoms with E-state index in [0.717, 1.165) is 0 Å². The fourth-order valence-corrected chi connectivity index (χ4v) is 1.89. The monoisotopic (exact) mass is 293 g/mol. The van der Waals surface area contributed by atoms with Gasteiger partial charge in [0, 0.05) is 11.3 Å². The van der Waals surface area contributed by atoms with E-state index in [-0.39, 0.29) is 11.7 Å². The van der Waals surface area contributed by atoms with Crippen LogP contribution in [0.2, 0.25) is 5.02 Å². The highest BCUT2D eigenvalue weighted by molar-refractivity contribution is 6.32. The van der Waals surface area contributed by atoms with Crippen LogP contribution in [0.3, 0.4) is 0 Å². The number of amides is 1. The molecule has 20 heavy (non-hydrogen) atoms. The summed E-state index contributed by atoms with van der Waals surface area (Å²) in [6, 6.07) is 10.3. The lowest BCUT2D eigenvalue weighted by atomic mass is 10.2. The molecule has 0 heterocycles. The Morgan fingerprint density at radius 2 is 1.95 bits per heavy atom. The average molecular weight is 294 g/mol. The Labute approximate surface area is 121 Å². The topological polar surface area (TPSA) is 38.3 Å². The molecule has 2 aromatic carbocycles. The third-order valence-electron chi connectivity index (χ3n) is 2.60. The first kappa shape index (κ1) is 14.3. The Bertz CT molecular complexity index is 614. The van der Waals surface area contributed by atoms with Gasteiger partial charge in [0.05, 0.1) is 11.6 Å². The van der Waals surface area contributed by atoms with Crippen LogP contribution in [-0.2, 0) is 0 Å². The van der Waals surface area contributed by atoms with Crippen molar-refractivity contribution in [3.8, 4) is 5.75 Å². The molecule has 0 saturated heterocycles. The van der Waals surface area contributed by atoms with Crippen LogP contribution in [-0.4, -0.2) is 12.5 Å². The Kier molecular flexibility index (Phi) is 4.58. The highest BCUT2D eigenvalue weighted by atomic mass is 35.5. The van der Waals surface area contributed by atoms with Crippen molar-refractivity contribution in [2.75, 3.05) is 11.9 Å². The SMILES string of the molecule is CCOc1ccc(NC(=O)c2ccc(F)cc2)cc1Cl. The number of anilines is 1. The molecule has 1 amide bonds. The van der Waals surface area contributed by atoms with Crippen molar-refractivity contribution in [1.29, 1.82) is 0 Å². The molecule has 0 aliphatic carbocycles. The lowest BCUT2D eigenvalue weighted by molar-refractivity contribution is 0.102. The van der Waals surface area contributed by atoms with Gasteiger partial charge in [-0.05, 0) is 49.4 Å². The van der Waals surface area contributed by atoms with E-state index in [1.807, 2.05) is 6.92 Å². The van der Waals surface area contributed by atoms with Gasteiger partial charge in [0.1, 0.15) is 11.6 Å². The second kappa shape index (κ2) is 6.39. The van der Waals surface area contributed by atoms with Crippen molar-refractivity contribution in [2.24, 2.45) is 0 Å². The fourth-order valence-electron chi connectivity index (χ4n) is 1.66. The molecule has 0 radical (unpaired) electrons. The van der Waals surface area contributed by atoms with Crippen LogP contribution >= 0.6 is 11.6 Å². The number of hydrogen-bond donors (Lipinski definition) is 1. The quantitative estimate of drug-likeness (QED) is 0.920. The molecule has 0 fully saturated rings. The van der Waals surface area contributed by atoms with Crippen molar-refractivity contribution < 1.29 is 13.9 Å². The van der Waals surface area contributed by atoms with Crippen LogP contribution in [0.4, 0.5) is 10.1 Å². The van der Waals surface area contributed by atoms with E-state index in [2.05, 4.69) is 5.32 Å². The summed E-state index contributed by atoms with van der Waals surface area (Å²) in [5.41, 5.74) is 0.921. The summed E-state index contributed by atoms with van der Waals surface area (Å²) in [5, 5.41) is 3.11. The minimum atomic E-state index is -0.384. The zero-order valence-corrected chi connectivity index (χ0v) is 11.6. The molecule has 104 valence electrons. The molecule has 2 aromatic rings. The number of rotatable bonds is 4. The normalized spacial score (nSPS) is 10.2. The highest BCUT2D eigenvalue weighted by Gasteiger charge is 2.08. The minimum Gasteiger partial charge on any atom is -0.492 e. The molecule has 0 unspecified atom stereocenters. The zero-order chi connectivity index (χ0) is 14.5. The van der Waals surface area contributed by atoms with Crippen LogP contribution in [0.15, 0.2) is 42.5 Å². The fraction of sp³-hybridized carbons (Fsp3) is 0.133. The van der Waals surface area contributed by atoms with Gasteiger partial charge in [0.25, 0.3) is 5.91 Å². The number of carbonyl (C=O) groups excluding carboxylic acids is 1. The van der Waals surface area contributed by atoms with Crippen LogP contribution in [0.25, 0.3) is 0 Å². The summed E-state index contributed by atoms with van der Waals surface area (Å²) in [6.45, 7) is 2.38. The van der Waals surface area contributed by atoms with E-state index in [0.29, 0.717) is 28.6 Å². The molecule has 0 atom stereocenters. The number of halogens is 2. The molecule has 0 spiro atoms. The van der Waals surface area contributed by atoms with Crippen molar-refractivity contribution in [3.63, 3.8) is 0 Å². The molecule has 2 rings (SSSR count). The van der Waals surface area contributed by atoms with Crippen molar-refractivity contribution >= 4 is 23.2 Å². The first-order valence-electron chi connectivity index (χ1n) is 6.09. The van der Waals surface area contributed by atoms with Gasteiger partial charge in [-0.2, -0.15) is 0 Å². The summed E-state index contributed by atoms with van der Waals surface area (Å²) in [7, 11) is 0. The number of benzene rings is 2. The molecule has 0 aliphatic heterocycles. The van der Waals surface area contributed by atoms with E-state index in [9.17, 15) is 9.18 Å². The molecule has 5 heteroatoms. The maximum atomic E-state index is 12.8. The summed E-state index contributed by atoms with van der Waals surface area (Å²) >= 11 is 6.03. The zero-order valence-electron chi connectivity index (χ0n) is 10.8. The maximum Gasteiger partial charge on any atom is 0.255 e. The lowest BCUT2D eigenvalue weighted by Crippen LogP contribution is -2.11. The third kappa shape index (κ3) is 3.48. The standard InChI is InChI=1S/C15H13ClFNO2/c1-2-20-14-8-7-12(9-13(14)16)18-15(19)10-3-5-11(17)6-4-10/h3-9H,2H2,1H3,(H,18,19). The van der Waals surface area contributed by atoms with Gasteiger partial charge in [-0.25, -0.2) is 4.39 Å². The van der Waals surface area contributed by atoms with Gasteiger partial charge in [-0.15, -0.1) is 0 Å². The van der Waals surface area contributed by atoms with Gasteiger partial charge in [-0.1, -0.05) is 11.6 Å². The van der Waals surface area contributed by atoms with Gasteiger partial charge in [0.2, 0.25) is 0 Å². The lowest BCUT2D eigenvalue weighted by Gasteiger charge is -2.09. The van der Waals surface area contributed by atoms with E-state index in [1.54, 1.807) is 18.2 Å². The van der Waals surface area contributed by atoms with E-state index in [4.69, 9.17) is 16.3 Å². The molecule has 0 aliphatic rings. The van der Waals surface area contributed by atoms with E-state index >= 15 is 0 Å². The summed E-state index contributed by atoms with van der Waals surface area (Å²) in [4.78, 5) is 11.9. The van der Waals surface area contributed by atoms with E-state index < -0.39 is 0 Å². The molecule has 3 nitrogen and oxygen atoms in total. The molecule has 1 N–H and O–H groups in total. The summed E-state index contributed by atoms with van der Waals surface area (Å²) in [5.74, 6) is -0.148. The highest BCUT2D eigenvalue weighted by Crippen LogP contribution is 2.27. The third-order valence-corrected chi connectivity index (χ3v) is 2.89.